The number of fused-ring (bicyclic) bond motifs is 2. The smallest absolute Gasteiger partial charge is 0.391 e. The number of nitrogens with zero attached hydrogens (tertiary/aromatic N) is 1. The normalized spacial score (nSPS) is 42.4. The Morgan fingerprint density at radius 1 is 1.22 bits per heavy atom. The van der Waals surface area contributed by atoms with Gasteiger partial charge in [-0.15, -0.1) is 0 Å². The Balaban J connectivity index is 1.79. The van der Waals surface area contributed by atoms with Crippen LogP contribution in [0.1, 0.15) is 25.7 Å². The minimum absolute atomic E-state index is 0.183. The number of hydrogen-bond acceptors (Lipinski definition) is 2. The zero-order valence-electron chi connectivity index (χ0n) is 9.86. The van der Waals surface area contributed by atoms with Gasteiger partial charge in [-0.05, 0) is 37.0 Å². The first kappa shape index (κ1) is 12.3. The summed E-state index contributed by atoms with van der Waals surface area (Å²) in [7, 11) is 0. The highest BCUT2D eigenvalue weighted by Crippen LogP contribution is 2.51. The zero-order chi connectivity index (χ0) is 13.1. The molecule has 0 radical (unpaired) electrons. The topological polar surface area (TPSA) is 40.5 Å². The van der Waals surface area contributed by atoms with Crippen LogP contribution in [0.4, 0.5) is 13.2 Å². The lowest BCUT2D eigenvalue weighted by Gasteiger charge is -2.42. The van der Waals surface area contributed by atoms with Crippen LogP contribution in [-0.2, 0) is 4.79 Å². The lowest BCUT2D eigenvalue weighted by atomic mass is 9.78. The van der Waals surface area contributed by atoms with Gasteiger partial charge in [0.2, 0.25) is 5.91 Å². The molecule has 0 aromatic rings. The Morgan fingerprint density at radius 2 is 1.89 bits per heavy atom. The maximum absolute atomic E-state index is 12.3. The van der Waals surface area contributed by atoms with E-state index in [-0.39, 0.29) is 23.8 Å². The van der Waals surface area contributed by atoms with E-state index in [1.165, 1.54) is 4.90 Å². The fraction of sp³-hybridized carbons (Fsp3) is 0.917. The second-order valence-corrected chi connectivity index (χ2v) is 5.91. The number of likely N-dealkylation sites (tertiary alicyclic amines) is 1. The fourth-order valence-electron chi connectivity index (χ4n) is 4.18. The van der Waals surface area contributed by atoms with Crippen molar-refractivity contribution in [1.29, 1.82) is 0 Å². The molecular weight excluding hydrogens is 247 g/mol. The molecule has 0 aromatic carbocycles. The van der Waals surface area contributed by atoms with Gasteiger partial charge in [-0.1, -0.05) is 0 Å². The maximum atomic E-state index is 12.3. The van der Waals surface area contributed by atoms with Gasteiger partial charge in [0.05, 0.1) is 12.1 Å². The number of aliphatic hydroxyl groups is 1. The number of aliphatic hydroxyl groups excluding tert-OH is 1. The number of halogens is 3. The average molecular weight is 263 g/mol. The van der Waals surface area contributed by atoms with E-state index in [9.17, 15) is 23.1 Å². The van der Waals surface area contributed by atoms with Crippen LogP contribution in [0.25, 0.3) is 0 Å². The van der Waals surface area contributed by atoms with Crippen LogP contribution >= 0.6 is 0 Å². The van der Waals surface area contributed by atoms with Gasteiger partial charge in [0.15, 0.2) is 0 Å². The highest BCUT2D eigenvalue weighted by Gasteiger charge is 2.55. The molecule has 5 atom stereocenters. The third-order valence-electron chi connectivity index (χ3n) is 4.68. The molecule has 102 valence electrons. The van der Waals surface area contributed by atoms with Gasteiger partial charge in [-0.2, -0.15) is 13.2 Å². The third kappa shape index (κ3) is 1.90. The van der Waals surface area contributed by atoms with Gasteiger partial charge in [0.25, 0.3) is 0 Å². The van der Waals surface area contributed by atoms with Gasteiger partial charge < -0.3 is 10.0 Å². The van der Waals surface area contributed by atoms with E-state index in [1.54, 1.807) is 0 Å². The van der Waals surface area contributed by atoms with Crippen molar-refractivity contribution in [2.75, 3.05) is 6.54 Å². The summed E-state index contributed by atoms with van der Waals surface area (Å²) in [5.74, 6) is -0.208. The Bertz CT molecular complexity index is 367. The molecule has 18 heavy (non-hydrogen) atoms. The second kappa shape index (κ2) is 3.85. The largest absolute Gasteiger partial charge is 0.397 e. The van der Waals surface area contributed by atoms with E-state index in [4.69, 9.17) is 0 Å². The first-order chi connectivity index (χ1) is 8.35. The third-order valence-corrected chi connectivity index (χ3v) is 4.68. The van der Waals surface area contributed by atoms with E-state index < -0.39 is 24.6 Å². The SMILES string of the molecule is O=C(CC(F)(F)F)N1CC2C[C@H]3C[C@@H](C2)[C@H](O)C31. The number of alkyl halides is 3. The van der Waals surface area contributed by atoms with Crippen molar-refractivity contribution < 1.29 is 23.1 Å². The van der Waals surface area contributed by atoms with E-state index >= 15 is 0 Å². The van der Waals surface area contributed by atoms with Gasteiger partial charge in [-0.25, -0.2) is 0 Å². The molecule has 2 unspecified atom stereocenters. The lowest BCUT2D eigenvalue weighted by Crippen LogP contribution is -2.53. The zero-order valence-corrected chi connectivity index (χ0v) is 9.86. The molecule has 1 amide bonds. The van der Waals surface area contributed by atoms with Gasteiger partial charge >= 0.3 is 6.18 Å². The monoisotopic (exact) mass is 263 g/mol. The van der Waals surface area contributed by atoms with Gasteiger partial charge in [0, 0.05) is 6.54 Å². The molecule has 1 aliphatic heterocycles. The van der Waals surface area contributed by atoms with E-state index in [0.717, 1.165) is 19.3 Å². The minimum atomic E-state index is -4.46. The van der Waals surface area contributed by atoms with Crippen LogP contribution in [-0.4, -0.2) is 40.8 Å². The van der Waals surface area contributed by atoms with Crippen LogP contribution < -0.4 is 0 Å². The van der Waals surface area contributed by atoms with E-state index in [0.29, 0.717) is 6.54 Å². The number of carbonyl (C=O) groups excluding carboxylic acids is 1. The quantitative estimate of drug-likeness (QED) is 0.780. The molecule has 1 N–H and O–H groups in total. The predicted molar refractivity (Wildman–Crippen MR) is 56.5 cm³/mol. The predicted octanol–water partition coefficient (Wildman–Crippen LogP) is 1.56. The van der Waals surface area contributed by atoms with Crippen LogP contribution in [0.3, 0.4) is 0 Å². The molecule has 3 bridgehead atoms. The Kier molecular flexibility index (Phi) is 2.63. The van der Waals surface area contributed by atoms with Gasteiger partial charge in [-0.3, -0.25) is 4.79 Å². The number of rotatable bonds is 1. The summed E-state index contributed by atoms with van der Waals surface area (Å²) in [6, 6.07) is -0.372. The Hall–Kier alpha value is -0.780. The molecule has 3 fully saturated rings. The fourth-order valence-corrected chi connectivity index (χ4v) is 4.18. The van der Waals surface area contributed by atoms with Crippen LogP contribution in [0, 0.1) is 17.8 Å². The first-order valence-electron chi connectivity index (χ1n) is 6.39. The summed E-state index contributed by atoms with van der Waals surface area (Å²) in [5.41, 5.74) is 0. The van der Waals surface area contributed by atoms with E-state index in [2.05, 4.69) is 0 Å². The van der Waals surface area contributed by atoms with Crippen LogP contribution in [0.15, 0.2) is 0 Å². The molecule has 0 aromatic heterocycles. The molecule has 2 saturated carbocycles. The number of carbonyl (C=O) groups is 1. The number of piperidine rings is 1. The summed E-state index contributed by atoms with van der Waals surface area (Å²) >= 11 is 0. The Labute approximate surface area is 103 Å². The molecule has 2 aliphatic carbocycles. The van der Waals surface area contributed by atoms with Crippen LogP contribution in [0.5, 0.6) is 0 Å². The van der Waals surface area contributed by atoms with Crippen LogP contribution in [0.2, 0.25) is 0 Å². The van der Waals surface area contributed by atoms with Crippen molar-refractivity contribution in [3.05, 3.63) is 0 Å². The summed E-state index contributed by atoms with van der Waals surface area (Å²) in [6.45, 7) is 0.392. The molecule has 6 heteroatoms. The number of amides is 1. The molecule has 1 heterocycles. The lowest BCUT2D eigenvalue weighted by molar-refractivity contribution is -0.167. The van der Waals surface area contributed by atoms with Gasteiger partial charge in [0.1, 0.15) is 6.42 Å². The van der Waals surface area contributed by atoms with Crippen molar-refractivity contribution in [3.8, 4) is 0 Å². The summed E-state index contributed by atoms with van der Waals surface area (Å²) < 4.78 is 36.9. The summed E-state index contributed by atoms with van der Waals surface area (Å²) in [6.07, 6.45) is -3.83. The maximum Gasteiger partial charge on any atom is 0.397 e. The highest BCUT2D eigenvalue weighted by molar-refractivity contribution is 5.77. The summed E-state index contributed by atoms with van der Waals surface area (Å²) in [5, 5.41) is 10.1. The average Bonchev–Trinajstić information content (AvgIpc) is 2.38. The molecule has 3 rings (SSSR count). The van der Waals surface area contributed by atoms with Crippen molar-refractivity contribution in [3.63, 3.8) is 0 Å². The van der Waals surface area contributed by atoms with Crippen molar-refractivity contribution in [1.82, 2.24) is 4.90 Å². The van der Waals surface area contributed by atoms with E-state index in [1.807, 2.05) is 0 Å². The van der Waals surface area contributed by atoms with Crippen molar-refractivity contribution >= 4 is 5.91 Å². The molecule has 3 aliphatic rings. The van der Waals surface area contributed by atoms with Crippen molar-refractivity contribution in [2.45, 2.75) is 44.0 Å². The molecule has 1 saturated heterocycles. The second-order valence-electron chi connectivity index (χ2n) is 5.91. The number of hydrogen-bond donors (Lipinski definition) is 1. The molecule has 3 nitrogen and oxygen atoms in total. The molecule has 0 spiro atoms. The standard InChI is InChI=1S/C12H16F3NO2/c13-12(14,15)4-9(17)16-5-6-1-7-3-8(2-6)11(18)10(7)16/h6-8,10-11,18H,1-5H2/t6?,7-,8+,10?,11-/m0/s1. The minimum Gasteiger partial charge on any atom is -0.391 e. The molecular formula is C12H16F3NO2. The highest BCUT2D eigenvalue weighted by atomic mass is 19.4. The van der Waals surface area contributed by atoms with Crippen molar-refractivity contribution in [2.24, 2.45) is 17.8 Å². The Morgan fingerprint density at radius 3 is 2.56 bits per heavy atom. The first-order valence-corrected chi connectivity index (χ1v) is 6.39. The summed E-state index contributed by atoms with van der Waals surface area (Å²) in [4.78, 5) is 13.1.